The number of nitrogens with one attached hydrogen (secondary N) is 1. The molecule has 0 fully saturated rings. The van der Waals surface area contributed by atoms with Crippen LogP contribution >= 0.6 is 22.9 Å². The molecule has 0 radical (unpaired) electrons. The predicted molar refractivity (Wildman–Crippen MR) is 88.4 cm³/mol. The van der Waals surface area contributed by atoms with E-state index in [0.29, 0.717) is 5.92 Å². The van der Waals surface area contributed by atoms with Gasteiger partial charge in [-0.05, 0) is 41.8 Å². The van der Waals surface area contributed by atoms with Gasteiger partial charge in [0, 0.05) is 10.7 Å². The Morgan fingerprint density at radius 3 is 2.80 bits per heavy atom. The Kier molecular flexibility index (Phi) is 3.64. The third-order valence-electron chi connectivity index (χ3n) is 3.15. The molecule has 0 aliphatic rings. The predicted octanol–water partition coefficient (Wildman–Crippen LogP) is 5.82. The topological polar surface area (TPSA) is 24.9 Å². The molecule has 0 atom stereocenters. The fourth-order valence-electron chi connectivity index (χ4n) is 2.05. The molecule has 2 nitrogen and oxygen atoms in total. The van der Waals surface area contributed by atoms with E-state index in [-0.39, 0.29) is 0 Å². The van der Waals surface area contributed by atoms with Gasteiger partial charge in [-0.2, -0.15) is 0 Å². The third-order valence-corrected chi connectivity index (χ3v) is 4.34. The summed E-state index contributed by atoms with van der Waals surface area (Å²) in [5, 5.41) is 4.98. The minimum atomic E-state index is 0.519. The van der Waals surface area contributed by atoms with Gasteiger partial charge < -0.3 is 5.32 Å². The van der Waals surface area contributed by atoms with Crippen LogP contribution in [-0.2, 0) is 0 Å². The first-order valence-corrected chi connectivity index (χ1v) is 7.74. The number of fused-ring (bicyclic) bond motifs is 1. The average Bonchev–Trinajstić information content (AvgIpc) is 2.80. The molecule has 1 heterocycles. The largest absolute Gasteiger partial charge is 0.332 e. The van der Waals surface area contributed by atoms with Gasteiger partial charge in [0.05, 0.1) is 10.2 Å². The molecule has 1 aromatic heterocycles. The molecule has 0 unspecified atom stereocenters. The van der Waals surface area contributed by atoms with E-state index < -0.39 is 0 Å². The molecular formula is C16H15ClN2S. The number of halogens is 1. The summed E-state index contributed by atoms with van der Waals surface area (Å²) < 4.78 is 1.14. The monoisotopic (exact) mass is 302 g/mol. The highest BCUT2D eigenvalue weighted by atomic mass is 35.5. The number of thiazole rings is 1. The van der Waals surface area contributed by atoms with Crippen LogP contribution in [0.2, 0.25) is 5.02 Å². The summed E-state index contributed by atoms with van der Waals surface area (Å²) in [5.41, 5.74) is 3.32. The first kappa shape index (κ1) is 13.4. The SMILES string of the molecule is CC(C)c1cccc(Nc2nc3cc(Cl)ccc3s2)c1. The van der Waals surface area contributed by atoms with Crippen molar-refractivity contribution in [2.45, 2.75) is 19.8 Å². The number of hydrogen-bond donors (Lipinski definition) is 1. The van der Waals surface area contributed by atoms with Crippen LogP contribution in [-0.4, -0.2) is 4.98 Å². The standard InChI is InChI=1S/C16H15ClN2S/c1-10(2)11-4-3-5-13(8-11)18-16-19-14-9-12(17)6-7-15(14)20-16/h3-10H,1-2H3,(H,18,19). The molecule has 0 amide bonds. The lowest BCUT2D eigenvalue weighted by atomic mass is 10.0. The molecule has 1 N–H and O–H groups in total. The van der Waals surface area contributed by atoms with Crippen molar-refractivity contribution < 1.29 is 0 Å². The summed E-state index contributed by atoms with van der Waals surface area (Å²) in [5.74, 6) is 0.519. The molecule has 102 valence electrons. The van der Waals surface area contributed by atoms with Crippen molar-refractivity contribution in [3.63, 3.8) is 0 Å². The van der Waals surface area contributed by atoms with Gasteiger partial charge >= 0.3 is 0 Å². The minimum absolute atomic E-state index is 0.519. The molecule has 3 aromatic rings. The Bertz CT molecular complexity index is 749. The van der Waals surface area contributed by atoms with E-state index in [1.165, 1.54) is 5.56 Å². The van der Waals surface area contributed by atoms with Crippen molar-refractivity contribution >= 4 is 44.0 Å². The van der Waals surface area contributed by atoms with Crippen molar-refractivity contribution in [2.75, 3.05) is 5.32 Å². The van der Waals surface area contributed by atoms with Gasteiger partial charge in [-0.25, -0.2) is 4.98 Å². The second-order valence-electron chi connectivity index (χ2n) is 5.04. The molecule has 0 bridgehead atoms. The van der Waals surface area contributed by atoms with Crippen molar-refractivity contribution in [1.82, 2.24) is 4.98 Å². The lowest BCUT2D eigenvalue weighted by Crippen LogP contribution is -1.92. The lowest BCUT2D eigenvalue weighted by Gasteiger charge is -2.08. The molecule has 0 aliphatic heterocycles. The summed E-state index contributed by atoms with van der Waals surface area (Å²) >= 11 is 7.62. The first-order chi connectivity index (χ1) is 9.61. The van der Waals surface area contributed by atoms with Crippen molar-refractivity contribution in [1.29, 1.82) is 0 Å². The maximum atomic E-state index is 5.99. The molecular weight excluding hydrogens is 288 g/mol. The fourth-order valence-corrected chi connectivity index (χ4v) is 3.09. The quantitative estimate of drug-likeness (QED) is 0.659. The molecule has 0 saturated carbocycles. The van der Waals surface area contributed by atoms with E-state index in [0.717, 1.165) is 26.1 Å². The van der Waals surface area contributed by atoms with Crippen LogP contribution in [0.1, 0.15) is 25.3 Å². The molecule has 3 rings (SSSR count). The number of nitrogens with zero attached hydrogens (tertiary/aromatic N) is 1. The smallest absolute Gasteiger partial charge is 0.188 e. The highest BCUT2D eigenvalue weighted by Crippen LogP contribution is 2.30. The summed E-state index contributed by atoms with van der Waals surface area (Å²) in [4.78, 5) is 4.57. The average molecular weight is 303 g/mol. The first-order valence-electron chi connectivity index (χ1n) is 6.55. The molecule has 20 heavy (non-hydrogen) atoms. The zero-order chi connectivity index (χ0) is 14.1. The summed E-state index contributed by atoms with van der Waals surface area (Å²) in [6.07, 6.45) is 0. The lowest BCUT2D eigenvalue weighted by molar-refractivity contribution is 0.867. The van der Waals surface area contributed by atoms with Gasteiger partial charge in [-0.1, -0.05) is 48.9 Å². The summed E-state index contributed by atoms with van der Waals surface area (Å²) in [6.45, 7) is 4.39. The van der Waals surface area contributed by atoms with Crippen LogP contribution in [0.3, 0.4) is 0 Å². The minimum Gasteiger partial charge on any atom is -0.332 e. The van der Waals surface area contributed by atoms with E-state index in [9.17, 15) is 0 Å². The van der Waals surface area contributed by atoms with E-state index in [4.69, 9.17) is 11.6 Å². The van der Waals surface area contributed by atoms with Crippen molar-refractivity contribution in [3.8, 4) is 0 Å². The number of aromatic nitrogens is 1. The Balaban J connectivity index is 1.90. The second kappa shape index (κ2) is 5.43. The molecule has 0 spiro atoms. The van der Waals surface area contributed by atoms with Gasteiger partial charge in [-0.3, -0.25) is 0 Å². The van der Waals surface area contributed by atoms with Crippen LogP contribution in [0, 0.1) is 0 Å². The van der Waals surface area contributed by atoms with Crippen LogP contribution in [0.4, 0.5) is 10.8 Å². The van der Waals surface area contributed by atoms with Crippen molar-refractivity contribution in [3.05, 3.63) is 53.1 Å². The maximum absolute atomic E-state index is 5.99. The van der Waals surface area contributed by atoms with E-state index in [1.807, 2.05) is 18.2 Å². The zero-order valence-electron chi connectivity index (χ0n) is 11.4. The van der Waals surface area contributed by atoms with Gasteiger partial charge in [0.1, 0.15) is 0 Å². The van der Waals surface area contributed by atoms with E-state index >= 15 is 0 Å². The second-order valence-corrected chi connectivity index (χ2v) is 6.50. The molecule has 4 heteroatoms. The number of hydrogen-bond acceptors (Lipinski definition) is 3. The van der Waals surface area contributed by atoms with Crippen LogP contribution < -0.4 is 5.32 Å². The van der Waals surface area contributed by atoms with Gasteiger partial charge in [0.15, 0.2) is 5.13 Å². The normalized spacial score (nSPS) is 11.2. The van der Waals surface area contributed by atoms with Crippen molar-refractivity contribution in [2.24, 2.45) is 0 Å². The van der Waals surface area contributed by atoms with Crippen LogP contribution in [0.5, 0.6) is 0 Å². The van der Waals surface area contributed by atoms with Gasteiger partial charge in [0.2, 0.25) is 0 Å². The fraction of sp³-hybridized carbons (Fsp3) is 0.188. The molecule has 2 aromatic carbocycles. The van der Waals surface area contributed by atoms with Gasteiger partial charge in [-0.15, -0.1) is 0 Å². The Morgan fingerprint density at radius 1 is 1.15 bits per heavy atom. The molecule has 0 saturated heterocycles. The van der Waals surface area contributed by atoms with Crippen LogP contribution in [0.25, 0.3) is 10.2 Å². The Hall–Kier alpha value is -1.58. The zero-order valence-corrected chi connectivity index (χ0v) is 12.9. The molecule has 0 aliphatic carbocycles. The van der Waals surface area contributed by atoms with E-state index in [2.05, 4.69) is 48.4 Å². The van der Waals surface area contributed by atoms with E-state index in [1.54, 1.807) is 11.3 Å². The van der Waals surface area contributed by atoms with Crippen LogP contribution in [0.15, 0.2) is 42.5 Å². The Labute approximate surface area is 127 Å². The highest BCUT2D eigenvalue weighted by molar-refractivity contribution is 7.22. The highest BCUT2D eigenvalue weighted by Gasteiger charge is 2.06. The Morgan fingerprint density at radius 2 is 2.00 bits per heavy atom. The number of benzene rings is 2. The maximum Gasteiger partial charge on any atom is 0.188 e. The third kappa shape index (κ3) is 2.79. The summed E-state index contributed by atoms with van der Waals surface area (Å²) in [7, 11) is 0. The number of rotatable bonds is 3. The number of anilines is 2. The van der Waals surface area contributed by atoms with Gasteiger partial charge in [0.25, 0.3) is 0 Å². The summed E-state index contributed by atoms with van der Waals surface area (Å²) in [6, 6.07) is 14.2.